The summed E-state index contributed by atoms with van der Waals surface area (Å²) in [7, 11) is -1.79. The third kappa shape index (κ3) is 4.78. The van der Waals surface area contributed by atoms with E-state index in [0.717, 1.165) is 10.8 Å². The molecule has 34 heavy (non-hydrogen) atoms. The summed E-state index contributed by atoms with van der Waals surface area (Å²) in [6.07, 6.45) is 0. The van der Waals surface area contributed by atoms with Crippen LogP contribution in [0.1, 0.15) is 10.4 Å². The van der Waals surface area contributed by atoms with E-state index in [2.05, 4.69) is 0 Å². The second-order valence-electron chi connectivity index (χ2n) is 7.07. The zero-order valence-electron chi connectivity index (χ0n) is 18.1. The van der Waals surface area contributed by atoms with Crippen LogP contribution in [0.15, 0.2) is 83.8 Å². The molecule has 0 atom stereocenters. The van der Waals surface area contributed by atoms with Gasteiger partial charge in [0.25, 0.3) is 0 Å². The van der Waals surface area contributed by atoms with Crippen molar-refractivity contribution >= 4 is 38.5 Å². The number of carbonyl (C=O) groups excluding carboxylic acids is 1. The van der Waals surface area contributed by atoms with Crippen molar-refractivity contribution in [1.82, 2.24) is 0 Å². The van der Waals surface area contributed by atoms with Crippen molar-refractivity contribution < 1.29 is 31.6 Å². The maximum absolute atomic E-state index is 13.1. The predicted octanol–water partition coefficient (Wildman–Crippen LogP) is 5.50. The van der Waals surface area contributed by atoms with E-state index in [-0.39, 0.29) is 32.7 Å². The average Bonchev–Trinajstić information content (AvgIpc) is 2.83. The highest BCUT2D eigenvalue weighted by Gasteiger charge is 2.27. The molecular weight excluding hydrogens is 480 g/mol. The highest BCUT2D eigenvalue weighted by atomic mass is 35.5. The normalized spacial score (nSPS) is 11.1. The van der Waals surface area contributed by atoms with E-state index in [0.29, 0.717) is 5.75 Å². The van der Waals surface area contributed by atoms with Gasteiger partial charge in [-0.25, -0.2) is 4.79 Å². The number of esters is 1. The van der Waals surface area contributed by atoms with E-state index in [1.807, 2.05) is 30.3 Å². The maximum Gasteiger partial charge on any atom is 0.347 e. The van der Waals surface area contributed by atoms with E-state index < -0.39 is 16.1 Å². The molecule has 0 radical (unpaired) electrons. The second kappa shape index (κ2) is 9.62. The fourth-order valence-corrected chi connectivity index (χ4v) is 4.63. The second-order valence-corrected chi connectivity index (χ2v) is 8.99. The molecule has 0 amide bonds. The lowest BCUT2D eigenvalue weighted by Crippen LogP contribution is -2.16. The first-order valence-electron chi connectivity index (χ1n) is 9.98. The Labute approximate surface area is 201 Å². The quantitative estimate of drug-likeness (QED) is 0.189. The standard InChI is InChI=1S/C25H19ClO7S/c1-30-22-15-24(23(31-2)14-20(22)26)34(28,29)33-21-10-6-5-9-19(21)25(27)32-18-12-11-16-7-3-4-8-17(16)13-18/h3-15H,1-2H3. The van der Waals surface area contributed by atoms with Crippen LogP contribution in [0.5, 0.6) is 23.0 Å². The SMILES string of the molecule is COc1cc(S(=O)(=O)Oc2ccccc2C(=O)Oc2ccc3ccccc3c2)c(OC)cc1Cl. The number of fused-ring (bicyclic) bond motifs is 1. The number of hydrogen-bond acceptors (Lipinski definition) is 7. The van der Waals surface area contributed by atoms with Gasteiger partial charge in [-0.3, -0.25) is 0 Å². The topological polar surface area (TPSA) is 88.1 Å². The Morgan fingerprint density at radius 2 is 1.44 bits per heavy atom. The zero-order chi connectivity index (χ0) is 24.3. The molecule has 0 saturated heterocycles. The van der Waals surface area contributed by atoms with Gasteiger partial charge in [0.2, 0.25) is 0 Å². The van der Waals surface area contributed by atoms with Crippen molar-refractivity contribution in [3.05, 3.63) is 89.4 Å². The van der Waals surface area contributed by atoms with Gasteiger partial charge in [0.15, 0.2) is 10.6 Å². The van der Waals surface area contributed by atoms with Crippen molar-refractivity contribution in [2.45, 2.75) is 4.90 Å². The predicted molar refractivity (Wildman–Crippen MR) is 128 cm³/mol. The van der Waals surface area contributed by atoms with Crippen molar-refractivity contribution in [2.24, 2.45) is 0 Å². The average molecular weight is 499 g/mol. The first kappa shape index (κ1) is 23.4. The number of benzene rings is 4. The van der Waals surface area contributed by atoms with Crippen molar-refractivity contribution in [3.8, 4) is 23.0 Å². The summed E-state index contributed by atoms with van der Waals surface area (Å²) >= 11 is 6.07. The molecule has 0 aliphatic heterocycles. The van der Waals surface area contributed by atoms with Gasteiger partial charge in [-0.1, -0.05) is 54.1 Å². The van der Waals surface area contributed by atoms with Crippen LogP contribution in [0.25, 0.3) is 10.8 Å². The van der Waals surface area contributed by atoms with Gasteiger partial charge in [0.05, 0.1) is 19.2 Å². The molecular formula is C25H19ClO7S. The molecule has 7 nitrogen and oxygen atoms in total. The number of methoxy groups -OCH3 is 2. The van der Waals surface area contributed by atoms with Gasteiger partial charge < -0.3 is 18.4 Å². The first-order chi connectivity index (χ1) is 16.3. The minimum Gasteiger partial charge on any atom is -0.495 e. The fraction of sp³-hybridized carbons (Fsp3) is 0.0800. The van der Waals surface area contributed by atoms with E-state index in [1.54, 1.807) is 18.2 Å². The van der Waals surface area contributed by atoms with Crippen LogP contribution in [0.3, 0.4) is 0 Å². The Hall–Kier alpha value is -3.75. The first-order valence-corrected chi connectivity index (χ1v) is 11.8. The minimum absolute atomic E-state index is 0.0398. The van der Waals surface area contributed by atoms with Crippen LogP contribution in [0.4, 0.5) is 0 Å². The summed E-state index contributed by atoms with van der Waals surface area (Å²) in [4.78, 5) is 12.6. The van der Waals surface area contributed by atoms with Crippen LogP contribution >= 0.6 is 11.6 Å². The molecule has 9 heteroatoms. The van der Waals surface area contributed by atoms with E-state index in [9.17, 15) is 13.2 Å². The summed E-state index contributed by atoms with van der Waals surface area (Å²) in [5.74, 6) is -0.591. The summed E-state index contributed by atoms with van der Waals surface area (Å²) in [6.45, 7) is 0. The lowest BCUT2D eigenvalue weighted by molar-refractivity contribution is 0.0733. The van der Waals surface area contributed by atoms with Crippen LogP contribution in [-0.2, 0) is 10.1 Å². The monoisotopic (exact) mass is 498 g/mol. The Morgan fingerprint density at radius 3 is 2.18 bits per heavy atom. The third-order valence-corrected chi connectivity index (χ3v) is 6.50. The smallest absolute Gasteiger partial charge is 0.347 e. The fourth-order valence-electron chi connectivity index (χ4n) is 3.29. The highest BCUT2D eigenvalue weighted by molar-refractivity contribution is 7.87. The van der Waals surface area contributed by atoms with E-state index >= 15 is 0 Å². The molecule has 0 N–H and O–H groups in total. The number of para-hydroxylation sites is 1. The molecule has 0 aliphatic rings. The summed E-state index contributed by atoms with van der Waals surface area (Å²) < 4.78 is 47.2. The third-order valence-electron chi connectivity index (χ3n) is 4.95. The van der Waals surface area contributed by atoms with E-state index in [4.69, 9.17) is 30.0 Å². The minimum atomic E-state index is -4.43. The summed E-state index contributed by atoms with van der Waals surface area (Å²) in [6, 6.07) is 21.2. The van der Waals surface area contributed by atoms with Gasteiger partial charge in [0.1, 0.15) is 22.8 Å². The molecule has 4 aromatic rings. The van der Waals surface area contributed by atoms with Crippen LogP contribution in [0, 0.1) is 0 Å². The largest absolute Gasteiger partial charge is 0.495 e. The number of rotatable bonds is 7. The Kier molecular flexibility index (Phi) is 6.63. The molecule has 0 bridgehead atoms. The molecule has 0 aromatic heterocycles. The molecule has 174 valence electrons. The van der Waals surface area contributed by atoms with Gasteiger partial charge in [-0.2, -0.15) is 8.42 Å². The van der Waals surface area contributed by atoms with Gasteiger partial charge in [0, 0.05) is 12.1 Å². The van der Waals surface area contributed by atoms with Crippen LogP contribution < -0.4 is 18.4 Å². The van der Waals surface area contributed by atoms with Gasteiger partial charge in [-0.05, 0) is 35.0 Å². The Bertz CT molecular complexity index is 1480. The molecule has 0 heterocycles. The Morgan fingerprint density at radius 1 is 0.765 bits per heavy atom. The molecule has 0 spiro atoms. The maximum atomic E-state index is 13.1. The molecule has 0 unspecified atom stereocenters. The Balaban J connectivity index is 1.65. The van der Waals surface area contributed by atoms with Crippen LogP contribution in [0.2, 0.25) is 5.02 Å². The molecule has 0 fully saturated rings. The lowest BCUT2D eigenvalue weighted by atomic mass is 10.1. The summed E-state index contributed by atoms with van der Waals surface area (Å²) in [5.41, 5.74) is -0.0703. The number of carbonyl (C=O) groups is 1. The van der Waals surface area contributed by atoms with E-state index in [1.165, 1.54) is 44.6 Å². The lowest BCUT2D eigenvalue weighted by Gasteiger charge is -2.14. The van der Waals surface area contributed by atoms with Gasteiger partial charge >= 0.3 is 16.1 Å². The zero-order valence-corrected chi connectivity index (χ0v) is 19.7. The van der Waals surface area contributed by atoms with Gasteiger partial charge in [-0.15, -0.1) is 0 Å². The summed E-state index contributed by atoms with van der Waals surface area (Å²) in [5, 5.41) is 2.05. The molecule has 4 aromatic carbocycles. The molecule has 0 saturated carbocycles. The number of ether oxygens (including phenoxy) is 3. The number of hydrogen-bond donors (Lipinski definition) is 0. The van der Waals surface area contributed by atoms with Crippen molar-refractivity contribution in [3.63, 3.8) is 0 Å². The highest BCUT2D eigenvalue weighted by Crippen LogP contribution is 2.36. The number of halogens is 1. The molecule has 4 rings (SSSR count). The van der Waals surface area contributed by atoms with Crippen molar-refractivity contribution in [1.29, 1.82) is 0 Å². The van der Waals surface area contributed by atoms with Crippen LogP contribution in [-0.4, -0.2) is 28.6 Å². The molecule has 0 aliphatic carbocycles. The van der Waals surface area contributed by atoms with Crippen molar-refractivity contribution in [2.75, 3.05) is 14.2 Å².